The summed E-state index contributed by atoms with van der Waals surface area (Å²) in [5.41, 5.74) is 1.01. The highest BCUT2D eigenvalue weighted by Crippen LogP contribution is 2.21. The maximum Gasteiger partial charge on any atom is 0.258 e. The molecule has 0 unspecified atom stereocenters. The molecule has 2 rings (SSSR count). The van der Waals surface area contributed by atoms with Crippen LogP contribution in [0.5, 0.6) is 0 Å². The lowest BCUT2D eigenvalue weighted by atomic mass is 10.2. The average Bonchev–Trinajstić information content (AvgIpc) is 2.32. The molecule has 0 atom stereocenters. The first kappa shape index (κ1) is 13.5. The van der Waals surface area contributed by atoms with Gasteiger partial charge in [0.05, 0.1) is 5.56 Å². The fourth-order valence-corrected chi connectivity index (χ4v) is 2.27. The Hall–Kier alpha value is -0.910. The molecule has 1 heterocycles. The van der Waals surface area contributed by atoms with Crippen molar-refractivity contribution in [3.63, 3.8) is 0 Å². The number of nitrogens with zero attached hydrogens (tertiary/aromatic N) is 1. The van der Waals surface area contributed by atoms with E-state index in [4.69, 9.17) is 11.6 Å². The fourth-order valence-electron chi connectivity index (χ4n) is 1.35. The number of hydrogen-bond acceptors (Lipinski definition) is 2. The molecule has 92 valence electrons. The number of benzene rings is 1. The van der Waals surface area contributed by atoms with Gasteiger partial charge in [0.1, 0.15) is 5.15 Å². The SMILES string of the molecule is O=C(Nc1cccc(Br)c1)c1cc(Br)cnc1Cl. The smallest absolute Gasteiger partial charge is 0.258 e. The van der Waals surface area contributed by atoms with E-state index < -0.39 is 0 Å². The van der Waals surface area contributed by atoms with E-state index in [1.807, 2.05) is 12.1 Å². The summed E-state index contributed by atoms with van der Waals surface area (Å²) in [7, 11) is 0. The minimum Gasteiger partial charge on any atom is -0.322 e. The third-order valence-corrected chi connectivity index (χ3v) is 3.36. The molecule has 18 heavy (non-hydrogen) atoms. The molecule has 1 amide bonds. The van der Waals surface area contributed by atoms with Gasteiger partial charge in [-0.3, -0.25) is 4.79 Å². The molecule has 0 bridgehead atoms. The number of rotatable bonds is 2. The molecule has 0 saturated carbocycles. The Balaban J connectivity index is 2.24. The van der Waals surface area contributed by atoms with Crippen LogP contribution in [0.25, 0.3) is 0 Å². The Morgan fingerprint density at radius 3 is 2.72 bits per heavy atom. The summed E-state index contributed by atoms with van der Waals surface area (Å²) in [6.45, 7) is 0. The van der Waals surface area contributed by atoms with Gasteiger partial charge < -0.3 is 5.32 Å². The van der Waals surface area contributed by atoms with E-state index in [9.17, 15) is 4.79 Å². The van der Waals surface area contributed by atoms with E-state index >= 15 is 0 Å². The minimum atomic E-state index is -0.299. The van der Waals surface area contributed by atoms with Crippen LogP contribution in [0.4, 0.5) is 5.69 Å². The second kappa shape index (κ2) is 5.82. The van der Waals surface area contributed by atoms with Crippen molar-refractivity contribution in [3.05, 3.63) is 56.2 Å². The van der Waals surface area contributed by atoms with Crippen molar-refractivity contribution >= 4 is 55.1 Å². The monoisotopic (exact) mass is 388 g/mol. The Morgan fingerprint density at radius 1 is 1.22 bits per heavy atom. The number of carbonyl (C=O) groups is 1. The topological polar surface area (TPSA) is 42.0 Å². The Bertz CT molecular complexity index is 604. The van der Waals surface area contributed by atoms with Crippen molar-refractivity contribution in [1.29, 1.82) is 0 Å². The van der Waals surface area contributed by atoms with Gasteiger partial charge in [0, 0.05) is 20.8 Å². The van der Waals surface area contributed by atoms with Crippen LogP contribution in [0.3, 0.4) is 0 Å². The lowest BCUT2D eigenvalue weighted by Crippen LogP contribution is -2.13. The quantitative estimate of drug-likeness (QED) is 0.767. The Kier molecular flexibility index (Phi) is 4.37. The second-order valence-corrected chi connectivity index (χ2v) is 5.65. The van der Waals surface area contributed by atoms with E-state index in [0.717, 1.165) is 4.47 Å². The molecule has 1 aromatic heterocycles. The van der Waals surface area contributed by atoms with Gasteiger partial charge in [0.2, 0.25) is 0 Å². The van der Waals surface area contributed by atoms with E-state index in [2.05, 4.69) is 42.2 Å². The summed E-state index contributed by atoms with van der Waals surface area (Å²) in [5.74, 6) is -0.299. The largest absolute Gasteiger partial charge is 0.322 e. The van der Waals surface area contributed by atoms with Gasteiger partial charge in [0.15, 0.2) is 0 Å². The van der Waals surface area contributed by atoms with Crippen molar-refractivity contribution in [2.75, 3.05) is 5.32 Å². The van der Waals surface area contributed by atoms with Crippen LogP contribution in [-0.2, 0) is 0 Å². The number of halogens is 3. The summed E-state index contributed by atoms with van der Waals surface area (Å²) in [4.78, 5) is 15.9. The minimum absolute atomic E-state index is 0.172. The molecular formula is C12H7Br2ClN2O. The molecule has 1 N–H and O–H groups in total. The lowest BCUT2D eigenvalue weighted by Gasteiger charge is -2.07. The van der Waals surface area contributed by atoms with Crippen LogP contribution >= 0.6 is 43.5 Å². The van der Waals surface area contributed by atoms with Crippen LogP contribution in [0, 0.1) is 0 Å². The van der Waals surface area contributed by atoms with Crippen molar-refractivity contribution in [1.82, 2.24) is 4.98 Å². The van der Waals surface area contributed by atoms with Crippen molar-refractivity contribution < 1.29 is 4.79 Å². The average molecular weight is 390 g/mol. The van der Waals surface area contributed by atoms with Crippen molar-refractivity contribution in [2.45, 2.75) is 0 Å². The number of aromatic nitrogens is 1. The first-order valence-electron chi connectivity index (χ1n) is 4.94. The zero-order valence-electron chi connectivity index (χ0n) is 8.95. The van der Waals surface area contributed by atoms with Gasteiger partial charge in [-0.2, -0.15) is 0 Å². The van der Waals surface area contributed by atoms with E-state index in [1.165, 1.54) is 6.20 Å². The van der Waals surface area contributed by atoms with Gasteiger partial charge in [-0.15, -0.1) is 0 Å². The molecule has 0 aliphatic carbocycles. The second-order valence-electron chi connectivity index (χ2n) is 3.46. The summed E-state index contributed by atoms with van der Waals surface area (Å²) in [6, 6.07) is 8.94. The Labute approximate surface area is 126 Å². The lowest BCUT2D eigenvalue weighted by molar-refractivity contribution is 0.102. The zero-order valence-corrected chi connectivity index (χ0v) is 12.9. The summed E-state index contributed by atoms with van der Waals surface area (Å²) >= 11 is 12.5. The fraction of sp³-hybridized carbons (Fsp3) is 0. The predicted molar refractivity (Wildman–Crippen MR) is 79.0 cm³/mol. The van der Waals surface area contributed by atoms with Crippen LogP contribution in [0.1, 0.15) is 10.4 Å². The number of pyridine rings is 1. The number of hydrogen-bond donors (Lipinski definition) is 1. The highest BCUT2D eigenvalue weighted by Gasteiger charge is 2.12. The summed E-state index contributed by atoms with van der Waals surface area (Å²) < 4.78 is 1.59. The number of nitrogens with one attached hydrogen (secondary N) is 1. The third kappa shape index (κ3) is 3.31. The normalized spacial score (nSPS) is 10.2. The van der Waals surface area contributed by atoms with Crippen LogP contribution in [0.2, 0.25) is 5.15 Å². The highest BCUT2D eigenvalue weighted by molar-refractivity contribution is 9.10. The zero-order chi connectivity index (χ0) is 13.1. The maximum atomic E-state index is 12.0. The molecule has 0 spiro atoms. The molecule has 3 nitrogen and oxygen atoms in total. The predicted octanol–water partition coefficient (Wildman–Crippen LogP) is 4.51. The molecule has 1 aromatic carbocycles. The molecule has 0 radical (unpaired) electrons. The van der Waals surface area contributed by atoms with Gasteiger partial charge in [-0.05, 0) is 40.2 Å². The Morgan fingerprint density at radius 2 is 2.00 bits per heavy atom. The van der Waals surface area contributed by atoms with Gasteiger partial charge in [-0.25, -0.2) is 4.98 Å². The van der Waals surface area contributed by atoms with Crippen LogP contribution < -0.4 is 5.32 Å². The molecule has 2 aromatic rings. The molecule has 0 aliphatic rings. The highest BCUT2D eigenvalue weighted by atomic mass is 79.9. The maximum absolute atomic E-state index is 12.0. The molecular weight excluding hydrogens is 383 g/mol. The van der Waals surface area contributed by atoms with E-state index in [-0.39, 0.29) is 11.1 Å². The van der Waals surface area contributed by atoms with Gasteiger partial charge in [0.25, 0.3) is 5.91 Å². The van der Waals surface area contributed by atoms with Crippen molar-refractivity contribution in [3.8, 4) is 0 Å². The van der Waals surface area contributed by atoms with Crippen LogP contribution in [-0.4, -0.2) is 10.9 Å². The molecule has 0 fully saturated rings. The van der Waals surface area contributed by atoms with Crippen LogP contribution in [0.15, 0.2) is 45.5 Å². The first-order valence-corrected chi connectivity index (χ1v) is 6.90. The number of carbonyl (C=O) groups excluding carboxylic acids is 1. The van der Waals surface area contributed by atoms with Gasteiger partial charge >= 0.3 is 0 Å². The van der Waals surface area contributed by atoms with Gasteiger partial charge in [-0.1, -0.05) is 33.6 Å². The van der Waals surface area contributed by atoms with Crippen molar-refractivity contribution in [2.24, 2.45) is 0 Å². The molecule has 0 saturated heterocycles. The van der Waals surface area contributed by atoms with E-state index in [0.29, 0.717) is 15.7 Å². The van der Waals surface area contributed by atoms with E-state index in [1.54, 1.807) is 18.2 Å². The molecule has 0 aliphatic heterocycles. The summed E-state index contributed by atoms with van der Waals surface area (Å²) in [6.07, 6.45) is 1.54. The first-order chi connectivity index (χ1) is 8.56. The number of amides is 1. The third-order valence-electron chi connectivity index (χ3n) is 2.13. The standard InChI is InChI=1S/C12H7Br2ClN2O/c13-7-2-1-3-9(4-7)17-12(18)10-5-8(14)6-16-11(10)15/h1-6H,(H,17,18). The number of anilines is 1. The summed E-state index contributed by atoms with van der Waals surface area (Å²) in [5, 5.41) is 2.92. The molecule has 6 heteroatoms.